The SMILES string of the molecule is CC(C)(C)C(=O)CNC(=O)c1c(Cl)cccc1[N+](=O)[O-]. The van der Waals surface area contributed by atoms with E-state index < -0.39 is 21.9 Å². The Morgan fingerprint density at radius 1 is 1.35 bits per heavy atom. The summed E-state index contributed by atoms with van der Waals surface area (Å²) < 4.78 is 0. The molecule has 0 spiro atoms. The fraction of sp³-hybridized carbons (Fsp3) is 0.385. The molecule has 0 saturated carbocycles. The first-order valence-electron chi connectivity index (χ1n) is 5.89. The van der Waals surface area contributed by atoms with Crippen LogP contribution in [0.2, 0.25) is 5.02 Å². The van der Waals surface area contributed by atoms with Crippen LogP contribution in [0.5, 0.6) is 0 Å². The number of hydrogen-bond donors (Lipinski definition) is 1. The molecule has 0 aliphatic carbocycles. The molecule has 1 aromatic rings. The van der Waals surface area contributed by atoms with E-state index in [0.717, 1.165) is 0 Å². The zero-order valence-electron chi connectivity index (χ0n) is 11.4. The number of benzene rings is 1. The molecule has 6 nitrogen and oxygen atoms in total. The summed E-state index contributed by atoms with van der Waals surface area (Å²) in [7, 11) is 0. The molecule has 7 heteroatoms. The molecule has 1 aromatic carbocycles. The van der Waals surface area contributed by atoms with E-state index in [0.29, 0.717) is 0 Å². The van der Waals surface area contributed by atoms with Crippen molar-refractivity contribution >= 4 is 29.0 Å². The topological polar surface area (TPSA) is 89.3 Å². The second-order valence-corrected chi connectivity index (χ2v) is 5.65. The van der Waals surface area contributed by atoms with Crippen molar-refractivity contribution in [3.8, 4) is 0 Å². The van der Waals surface area contributed by atoms with E-state index in [4.69, 9.17) is 11.6 Å². The highest BCUT2D eigenvalue weighted by atomic mass is 35.5. The first kappa shape index (κ1) is 16.1. The summed E-state index contributed by atoms with van der Waals surface area (Å²) in [5.41, 5.74) is -1.22. The summed E-state index contributed by atoms with van der Waals surface area (Å²) in [4.78, 5) is 33.9. The van der Waals surface area contributed by atoms with Gasteiger partial charge in [0.2, 0.25) is 0 Å². The monoisotopic (exact) mass is 298 g/mol. The Hall–Kier alpha value is -1.95. The number of halogens is 1. The second kappa shape index (κ2) is 6.00. The number of carbonyl (C=O) groups excluding carboxylic acids is 2. The lowest BCUT2D eigenvalue weighted by molar-refractivity contribution is -0.385. The Balaban J connectivity index is 2.94. The highest BCUT2D eigenvalue weighted by Crippen LogP contribution is 2.26. The van der Waals surface area contributed by atoms with E-state index in [-0.39, 0.29) is 22.9 Å². The maximum absolute atomic E-state index is 12.0. The lowest BCUT2D eigenvalue weighted by Crippen LogP contribution is -2.35. The van der Waals surface area contributed by atoms with E-state index >= 15 is 0 Å². The second-order valence-electron chi connectivity index (χ2n) is 5.25. The first-order valence-corrected chi connectivity index (χ1v) is 6.27. The van der Waals surface area contributed by atoms with Crippen LogP contribution < -0.4 is 5.32 Å². The number of nitro benzene ring substituents is 1. The zero-order chi connectivity index (χ0) is 15.5. The van der Waals surface area contributed by atoms with Crippen molar-refractivity contribution in [1.29, 1.82) is 0 Å². The molecular formula is C13H15ClN2O4. The fourth-order valence-corrected chi connectivity index (χ4v) is 1.66. The van der Waals surface area contributed by atoms with Crippen LogP contribution in [-0.4, -0.2) is 23.2 Å². The summed E-state index contributed by atoms with van der Waals surface area (Å²) in [6.45, 7) is 4.96. The largest absolute Gasteiger partial charge is 0.345 e. The maximum atomic E-state index is 12.0. The van der Waals surface area contributed by atoms with Crippen LogP contribution in [-0.2, 0) is 4.79 Å². The van der Waals surface area contributed by atoms with Crippen molar-refractivity contribution in [3.05, 3.63) is 38.9 Å². The molecular weight excluding hydrogens is 284 g/mol. The lowest BCUT2D eigenvalue weighted by atomic mass is 9.91. The molecule has 0 heterocycles. The quantitative estimate of drug-likeness (QED) is 0.683. The van der Waals surface area contributed by atoms with Crippen molar-refractivity contribution in [3.63, 3.8) is 0 Å². The van der Waals surface area contributed by atoms with Crippen LogP contribution in [0.4, 0.5) is 5.69 Å². The van der Waals surface area contributed by atoms with Gasteiger partial charge in [-0.15, -0.1) is 0 Å². The molecule has 1 rings (SSSR count). The normalized spacial score (nSPS) is 11.0. The number of carbonyl (C=O) groups is 2. The summed E-state index contributed by atoms with van der Waals surface area (Å²) >= 11 is 5.82. The smallest absolute Gasteiger partial charge is 0.283 e. The Morgan fingerprint density at radius 2 is 1.95 bits per heavy atom. The number of nitro groups is 1. The fourth-order valence-electron chi connectivity index (χ4n) is 1.40. The average molecular weight is 299 g/mol. The minimum absolute atomic E-state index is 0.0279. The molecule has 0 aliphatic rings. The molecule has 20 heavy (non-hydrogen) atoms. The molecule has 0 saturated heterocycles. The third kappa shape index (κ3) is 3.77. The molecule has 0 bridgehead atoms. The molecule has 0 radical (unpaired) electrons. The highest BCUT2D eigenvalue weighted by molar-refractivity contribution is 6.34. The molecule has 0 fully saturated rings. The molecule has 1 N–H and O–H groups in total. The Morgan fingerprint density at radius 3 is 2.45 bits per heavy atom. The minimum atomic E-state index is -0.736. The van der Waals surface area contributed by atoms with Crippen LogP contribution in [0.1, 0.15) is 31.1 Å². The van der Waals surface area contributed by atoms with Crippen LogP contribution >= 0.6 is 11.6 Å². The lowest BCUT2D eigenvalue weighted by Gasteiger charge is -2.16. The van der Waals surface area contributed by atoms with E-state index in [1.165, 1.54) is 18.2 Å². The summed E-state index contributed by atoms with van der Waals surface area (Å²) in [6, 6.07) is 3.96. The zero-order valence-corrected chi connectivity index (χ0v) is 12.2. The average Bonchev–Trinajstić information content (AvgIpc) is 2.33. The van der Waals surface area contributed by atoms with Gasteiger partial charge in [0, 0.05) is 11.5 Å². The van der Waals surface area contributed by atoms with Crippen LogP contribution in [0.15, 0.2) is 18.2 Å². The number of hydrogen-bond acceptors (Lipinski definition) is 4. The predicted octanol–water partition coefficient (Wildman–Crippen LogP) is 2.59. The van der Waals surface area contributed by atoms with Gasteiger partial charge in [-0.05, 0) is 6.07 Å². The molecule has 0 unspecified atom stereocenters. The molecule has 0 aromatic heterocycles. The van der Waals surface area contributed by atoms with E-state index in [9.17, 15) is 19.7 Å². The molecule has 1 amide bonds. The Bertz CT molecular complexity index is 564. The third-order valence-corrected chi connectivity index (χ3v) is 2.98. The maximum Gasteiger partial charge on any atom is 0.283 e. The van der Waals surface area contributed by atoms with Gasteiger partial charge < -0.3 is 5.32 Å². The minimum Gasteiger partial charge on any atom is -0.345 e. The highest BCUT2D eigenvalue weighted by Gasteiger charge is 2.26. The van der Waals surface area contributed by atoms with Crippen molar-refractivity contribution in [1.82, 2.24) is 5.32 Å². The van der Waals surface area contributed by atoms with E-state index in [1.54, 1.807) is 20.8 Å². The third-order valence-electron chi connectivity index (χ3n) is 2.66. The predicted molar refractivity (Wildman–Crippen MR) is 74.9 cm³/mol. The number of ketones is 1. The van der Waals surface area contributed by atoms with Crippen molar-refractivity contribution < 1.29 is 14.5 Å². The van der Waals surface area contributed by atoms with Gasteiger partial charge in [0.15, 0.2) is 5.78 Å². The van der Waals surface area contributed by atoms with Gasteiger partial charge in [0.1, 0.15) is 5.56 Å². The van der Waals surface area contributed by atoms with Crippen molar-refractivity contribution in [2.75, 3.05) is 6.54 Å². The summed E-state index contributed by atoms with van der Waals surface area (Å²) in [5.74, 6) is -0.916. The standard InChI is InChI=1S/C13H15ClN2O4/c1-13(2,3)10(17)7-15-12(18)11-8(14)5-4-6-9(11)16(19)20/h4-6H,7H2,1-3H3,(H,15,18). The number of rotatable bonds is 4. The van der Waals surface area contributed by atoms with Gasteiger partial charge in [-0.3, -0.25) is 19.7 Å². The summed E-state index contributed by atoms with van der Waals surface area (Å²) in [5, 5.41) is 13.2. The molecule has 108 valence electrons. The van der Waals surface area contributed by atoms with Crippen LogP contribution in [0.25, 0.3) is 0 Å². The van der Waals surface area contributed by atoms with Gasteiger partial charge in [0.05, 0.1) is 16.5 Å². The molecule has 0 atom stereocenters. The Kier molecular flexibility index (Phi) is 4.83. The van der Waals surface area contributed by atoms with Gasteiger partial charge >= 0.3 is 0 Å². The van der Waals surface area contributed by atoms with Gasteiger partial charge in [-0.25, -0.2) is 0 Å². The van der Waals surface area contributed by atoms with Gasteiger partial charge in [-0.1, -0.05) is 38.4 Å². The van der Waals surface area contributed by atoms with E-state index in [2.05, 4.69) is 5.32 Å². The van der Waals surface area contributed by atoms with Crippen LogP contribution in [0.3, 0.4) is 0 Å². The van der Waals surface area contributed by atoms with E-state index in [1.807, 2.05) is 0 Å². The number of nitrogens with one attached hydrogen (secondary N) is 1. The van der Waals surface area contributed by atoms with Gasteiger partial charge in [0.25, 0.3) is 11.6 Å². The first-order chi connectivity index (χ1) is 9.14. The number of amides is 1. The van der Waals surface area contributed by atoms with Crippen molar-refractivity contribution in [2.45, 2.75) is 20.8 Å². The molecule has 0 aliphatic heterocycles. The Labute approximate surface area is 121 Å². The summed E-state index contributed by atoms with van der Waals surface area (Å²) in [6.07, 6.45) is 0. The van der Waals surface area contributed by atoms with Crippen molar-refractivity contribution in [2.24, 2.45) is 5.41 Å². The van der Waals surface area contributed by atoms with Crippen LogP contribution in [0, 0.1) is 15.5 Å². The number of Topliss-reactive ketones (excluding diaryl/α,β-unsaturated/α-hetero) is 1. The van der Waals surface area contributed by atoms with Gasteiger partial charge in [-0.2, -0.15) is 0 Å². The number of nitrogens with zero attached hydrogens (tertiary/aromatic N) is 1.